The molecule has 1 unspecified atom stereocenters. The van der Waals surface area contributed by atoms with E-state index in [0.29, 0.717) is 0 Å². The molecule has 5 rings (SSSR count). The zero-order valence-corrected chi connectivity index (χ0v) is 12.2. The third-order valence-electron chi connectivity index (χ3n) is 4.99. The van der Waals surface area contributed by atoms with Gasteiger partial charge in [-0.05, 0) is 30.9 Å². The number of benzene rings is 2. The Morgan fingerprint density at radius 2 is 2.00 bits per heavy atom. The molecule has 3 heteroatoms. The van der Waals surface area contributed by atoms with Crippen LogP contribution in [-0.2, 0) is 4.79 Å². The third kappa shape index (κ3) is 1.23. The number of anilines is 1. The van der Waals surface area contributed by atoms with Gasteiger partial charge in [-0.3, -0.25) is 9.69 Å². The first kappa shape index (κ1) is 11.9. The van der Waals surface area contributed by atoms with Crippen molar-refractivity contribution in [2.24, 2.45) is 10.4 Å². The molecule has 0 spiro atoms. The highest BCUT2D eigenvalue weighted by molar-refractivity contribution is 6.37. The first-order chi connectivity index (χ1) is 10.7. The molecule has 1 atom stereocenters. The Morgan fingerprint density at radius 1 is 1.18 bits per heavy atom. The zero-order chi connectivity index (χ0) is 14.9. The Bertz CT molecular complexity index is 946. The van der Waals surface area contributed by atoms with Gasteiger partial charge in [0, 0.05) is 11.0 Å². The van der Waals surface area contributed by atoms with E-state index in [1.807, 2.05) is 41.3 Å². The van der Waals surface area contributed by atoms with E-state index in [4.69, 9.17) is 4.99 Å². The van der Waals surface area contributed by atoms with Crippen LogP contribution in [0, 0.1) is 5.41 Å². The monoisotopic (exact) mass is 286 g/mol. The predicted molar refractivity (Wildman–Crippen MR) is 88.5 cm³/mol. The standard InChI is InChI=1S/C19H14N2O/c1-19-11-3-2-8-13(19)17(22)21-15-10-5-7-12-6-4-9-14(16(12)15)20-18(19)21/h2-10H,11H2,1H3. The minimum absolute atomic E-state index is 0.0626. The number of amidine groups is 1. The summed E-state index contributed by atoms with van der Waals surface area (Å²) in [4.78, 5) is 19.7. The van der Waals surface area contributed by atoms with Gasteiger partial charge in [-0.1, -0.05) is 42.5 Å². The first-order valence-corrected chi connectivity index (χ1v) is 7.53. The fourth-order valence-electron chi connectivity index (χ4n) is 3.84. The summed E-state index contributed by atoms with van der Waals surface area (Å²) < 4.78 is 0. The molecule has 0 saturated carbocycles. The lowest BCUT2D eigenvalue weighted by Gasteiger charge is -2.30. The molecule has 0 bridgehead atoms. The summed E-state index contributed by atoms with van der Waals surface area (Å²) in [6, 6.07) is 12.2. The van der Waals surface area contributed by atoms with Gasteiger partial charge in [0.05, 0.1) is 16.8 Å². The summed E-state index contributed by atoms with van der Waals surface area (Å²) >= 11 is 0. The number of aliphatic imine (C=N–C) groups is 1. The Balaban J connectivity index is 1.89. The van der Waals surface area contributed by atoms with Gasteiger partial charge >= 0.3 is 0 Å². The lowest BCUT2D eigenvalue weighted by atomic mass is 9.77. The summed E-state index contributed by atoms with van der Waals surface area (Å²) in [6.45, 7) is 2.12. The normalized spacial score (nSPS) is 25.0. The lowest BCUT2D eigenvalue weighted by Crippen LogP contribution is -2.35. The number of nitrogens with zero attached hydrogens (tertiary/aromatic N) is 2. The molecule has 2 heterocycles. The summed E-state index contributed by atoms with van der Waals surface area (Å²) in [5, 5.41) is 2.19. The first-order valence-electron chi connectivity index (χ1n) is 7.53. The second kappa shape index (κ2) is 3.74. The van der Waals surface area contributed by atoms with Crippen molar-refractivity contribution in [1.29, 1.82) is 0 Å². The van der Waals surface area contributed by atoms with Crippen molar-refractivity contribution in [1.82, 2.24) is 0 Å². The molecule has 0 radical (unpaired) electrons. The Kier molecular flexibility index (Phi) is 2.03. The van der Waals surface area contributed by atoms with Gasteiger partial charge in [0.15, 0.2) is 0 Å². The number of rotatable bonds is 0. The number of carbonyl (C=O) groups is 1. The lowest BCUT2D eigenvalue weighted by molar-refractivity contribution is -0.114. The van der Waals surface area contributed by atoms with Crippen LogP contribution < -0.4 is 4.90 Å². The van der Waals surface area contributed by atoms with Crippen molar-refractivity contribution in [3.8, 4) is 0 Å². The highest BCUT2D eigenvalue weighted by atomic mass is 16.2. The van der Waals surface area contributed by atoms with Crippen LogP contribution in [0.2, 0.25) is 0 Å². The van der Waals surface area contributed by atoms with Gasteiger partial charge < -0.3 is 0 Å². The fourth-order valence-corrected chi connectivity index (χ4v) is 3.84. The van der Waals surface area contributed by atoms with E-state index in [1.54, 1.807) is 0 Å². The van der Waals surface area contributed by atoms with E-state index in [-0.39, 0.29) is 11.3 Å². The van der Waals surface area contributed by atoms with Crippen molar-refractivity contribution < 1.29 is 4.79 Å². The minimum atomic E-state index is -0.318. The molecule has 2 aromatic carbocycles. The number of allylic oxidation sites excluding steroid dienone is 3. The van der Waals surface area contributed by atoms with E-state index < -0.39 is 0 Å². The summed E-state index contributed by atoms with van der Waals surface area (Å²) in [6.07, 6.45) is 6.85. The molecule has 2 aliphatic heterocycles. The molecule has 1 amide bonds. The van der Waals surface area contributed by atoms with Crippen LogP contribution in [0.1, 0.15) is 13.3 Å². The SMILES string of the molecule is CC12CC=CC=C1C(=O)N1C2=Nc2cccc3cccc1c23. The van der Waals surface area contributed by atoms with Gasteiger partial charge in [0.1, 0.15) is 5.84 Å². The fraction of sp³-hybridized carbons (Fsp3) is 0.158. The molecular weight excluding hydrogens is 272 g/mol. The topological polar surface area (TPSA) is 32.7 Å². The van der Waals surface area contributed by atoms with Gasteiger partial charge in [-0.2, -0.15) is 0 Å². The smallest absolute Gasteiger partial charge is 0.260 e. The highest BCUT2D eigenvalue weighted by Crippen LogP contribution is 2.50. The molecule has 1 fully saturated rings. The second-order valence-electron chi connectivity index (χ2n) is 6.27. The number of hydrogen-bond donors (Lipinski definition) is 0. The van der Waals surface area contributed by atoms with Crippen LogP contribution >= 0.6 is 0 Å². The number of amides is 1. The van der Waals surface area contributed by atoms with Gasteiger partial charge in [-0.25, -0.2) is 4.99 Å². The van der Waals surface area contributed by atoms with E-state index in [9.17, 15) is 4.79 Å². The average molecular weight is 286 g/mol. The molecule has 1 saturated heterocycles. The quantitative estimate of drug-likeness (QED) is 0.717. The molecule has 0 aromatic heterocycles. The highest BCUT2D eigenvalue weighted by Gasteiger charge is 2.52. The molecular formula is C19H14N2O. The van der Waals surface area contributed by atoms with Gasteiger partial charge in [0.2, 0.25) is 0 Å². The molecule has 3 aliphatic rings. The van der Waals surface area contributed by atoms with Crippen LogP contribution in [0.3, 0.4) is 0 Å². The maximum Gasteiger partial charge on any atom is 0.260 e. The van der Waals surface area contributed by atoms with E-state index >= 15 is 0 Å². The van der Waals surface area contributed by atoms with E-state index in [0.717, 1.165) is 40.0 Å². The second-order valence-corrected chi connectivity index (χ2v) is 6.27. The van der Waals surface area contributed by atoms with E-state index in [1.165, 1.54) is 0 Å². The Morgan fingerprint density at radius 3 is 2.86 bits per heavy atom. The third-order valence-corrected chi connectivity index (χ3v) is 4.99. The van der Waals surface area contributed by atoms with Crippen LogP contribution in [0.25, 0.3) is 10.8 Å². The molecule has 3 nitrogen and oxygen atoms in total. The van der Waals surface area contributed by atoms with Gasteiger partial charge in [0.25, 0.3) is 5.91 Å². The molecule has 22 heavy (non-hydrogen) atoms. The maximum absolute atomic E-state index is 13.0. The Labute approximate surface area is 128 Å². The number of carbonyl (C=O) groups excluding carboxylic acids is 1. The number of hydrogen-bond acceptors (Lipinski definition) is 2. The Hall–Kier alpha value is -2.68. The largest absolute Gasteiger partial charge is 0.269 e. The molecule has 0 N–H and O–H groups in total. The summed E-state index contributed by atoms with van der Waals surface area (Å²) in [5.74, 6) is 0.923. The minimum Gasteiger partial charge on any atom is -0.269 e. The number of fused-ring (bicyclic) bond motifs is 4. The zero-order valence-electron chi connectivity index (χ0n) is 12.2. The van der Waals surface area contributed by atoms with Crippen molar-refractivity contribution in [2.75, 3.05) is 4.90 Å². The van der Waals surface area contributed by atoms with Crippen molar-refractivity contribution >= 4 is 33.9 Å². The van der Waals surface area contributed by atoms with Crippen molar-refractivity contribution in [3.05, 3.63) is 60.2 Å². The van der Waals surface area contributed by atoms with Crippen LogP contribution in [0.15, 0.2) is 65.2 Å². The van der Waals surface area contributed by atoms with Crippen molar-refractivity contribution in [2.45, 2.75) is 13.3 Å². The summed E-state index contributed by atoms with van der Waals surface area (Å²) in [7, 11) is 0. The molecule has 1 aliphatic carbocycles. The predicted octanol–water partition coefficient (Wildman–Crippen LogP) is 4.12. The average Bonchev–Trinajstić information content (AvgIpc) is 2.77. The maximum atomic E-state index is 13.0. The van der Waals surface area contributed by atoms with Crippen molar-refractivity contribution in [3.63, 3.8) is 0 Å². The van der Waals surface area contributed by atoms with Crippen LogP contribution in [-0.4, -0.2) is 11.7 Å². The van der Waals surface area contributed by atoms with Crippen LogP contribution in [0.5, 0.6) is 0 Å². The van der Waals surface area contributed by atoms with E-state index in [2.05, 4.69) is 25.1 Å². The van der Waals surface area contributed by atoms with Gasteiger partial charge in [-0.15, -0.1) is 0 Å². The molecule has 2 aromatic rings. The van der Waals surface area contributed by atoms with Crippen LogP contribution in [0.4, 0.5) is 11.4 Å². The summed E-state index contributed by atoms with van der Waals surface area (Å²) in [5.41, 5.74) is 2.45. The molecule has 106 valence electrons.